The molecule has 0 aliphatic carbocycles. The molecule has 0 saturated carbocycles. The van der Waals surface area contributed by atoms with Gasteiger partial charge in [0.1, 0.15) is 9.71 Å². The Bertz CT molecular complexity index is 585. The molecule has 0 rings (SSSR count). The summed E-state index contributed by atoms with van der Waals surface area (Å²) in [6.07, 6.45) is -1.42. The minimum Gasteiger partial charge on any atom is -0.383 e. The van der Waals surface area contributed by atoms with Crippen molar-refractivity contribution in [1.82, 2.24) is 10.6 Å². The van der Waals surface area contributed by atoms with Crippen molar-refractivity contribution in [3.63, 3.8) is 0 Å². The summed E-state index contributed by atoms with van der Waals surface area (Å²) in [5.41, 5.74) is -1.20. The number of phosphoric acid groups is 1. The molecular weight excluding hydrogens is 502 g/mol. The summed E-state index contributed by atoms with van der Waals surface area (Å²) in [4.78, 5) is 33.6. The van der Waals surface area contributed by atoms with E-state index in [-0.39, 0.29) is 30.9 Å². The zero-order valence-corrected chi connectivity index (χ0v) is 20.7. The highest BCUT2D eigenvalue weighted by Gasteiger charge is 2.38. The molecule has 0 aliphatic rings. The molecule has 0 aliphatic heterocycles. The van der Waals surface area contributed by atoms with Crippen LogP contribution in [0.1, 0.15) is 54.9 Å². The second-order valence-corrected chi connectivity index (χ2v) is 12.9. The maximum atomic E-state index is 12.1. The second kappa shape index (κ2) is 10.7. The van der Waals surface area contributed by atoms with Crippen LogP contribution in [0.2, 0.25) is 0 Å². The first kappa shape index (κ1) is 27.7. The van der Waals surface area contributed by atoms with Crippen molar-refractivity contribution in [3.05, 3.63) is 0 Å². The minimum atomic E-state index is -4.34. The van der Waals surface area contributed by atoms with Gasteiger partial charge in [-0.3, -0.25) is 18.6 Å². The number of phosphoric ester groups is 1. The molecule has 4 N–H and O–H groups in total. The summed E-state index contributed by atoms with van der Waals surface area (Å²) >= 11 is 1.84. The number of carbonyl (C=O) groups excluding carboxylic acids is 2. The third-order valence-electron chi connectivity index (χ3n) is 3.39. The lowest BCUT2D eigenvalue weighted by atomic mass is 9.87. The van der Waals surface area contributed by atoms with Crippen LogP contribution in [0.4, 0.5) is 0 Å². The van der Waals surface area contributed by atoms with Gasteiger partial charge in [-0.15, -0.1) is 0 Å². The number of amides is 2. The molecule has 9 nitrogen and oxygen atoms in total. The predicted molar refractivity (Wildman–Crippen MR) is 115 cm³/mol. The smallest absolute Gasteiger partial charge is 0.383 e. The molecule has 0 aromatic rings. The van der Waals surface area contributed by atoms with E-state index in [0.717, 1.165) is 0 Å². The van der Waals surface area contributed by atoms with Crippen LogP contribution in [0, 0.1) is 10.8 Å². The third-order valence-corrected chi connectivity index (χ3v) is 5.10. The summed E-state index contributed by atoms with van der Waals surface area (Å²) in [6, 6.07) is 0. The largest absolute Gasteiger partial charge is 0.473 e. The SMILES string of the molecule is CC(C)(C)CNC(=O)CCNC(=O)C(O)C(C)(C)COP(=O)(O)OC(C)(C)I. The highest BCUT2D eigenvalue weighted by molar-refractivity contribution is 14.1. The molecule has 0 heterocycles. The van der Waals surface area contributed by atoms with E-state index in [1.54, 1.807) is 13.8 Å². The minimum absolute atomic E-state index is 0.0402. The van der Waals surface area contributed by atoms with Gasteiger partial charge in [-0.2, -0.15) is 0 Å². The van der Waals surface area contributed by atoms with Gasteiger partial charge >= 0.3 is 7.82 Å². The molecule has 2 amide bonds. The number of alkyl halides is 1. The highest BCUT2D eigenvalue weighted by atomic mass is 127. The van der Waals surface area contributed by atoms with Crippen LogP contribution in [-0.2, 0) is 23.2 Å². The van der Waals surface area contributed by atoms with Gasteiger partial charge in [0.2, 0.25) is 11.8 Å². The Hall–Kier alpha value is -0.260. The third kappa shape index (κ3) is 13.1. The monoisotopic (exact) mass is 536 g/mol. The van der Waals surface area contributed by atoms with Crippen LogP contribution in [0.5, 0.6) is 0 Å². The lowest BCUT2D eigenvalue weighted by molar-refractivity contribution is -0.137. The zero-order chi connectivity index (χ0) is 22.4. The quantitative estimate of drug-likeness (QED) is 0.181. The van der Waals surface area contributed by atoms with Crippen LogP contribution in [-0.4, -0.2) is 51.2 Å². The highest BCUT2D eigenvalue weighted by Crippen LogP contribution is 2.50. The summed E-state index contributed by atoms with van der Waals surface area (Å²) in [6.45, 7) is 12.4. The van der Waals surface area contributed by atoms with E-state index in [4.69, 9.17) is 9.05 Å². The van der Waals surface area contributed by atoms with E-state index in [9.17, 15) is 24.2 Å². The number of nitrogens with one attached hydrogen (secondary N) is 2. The van der Waals surface area contributed by atoms with E-state index in [0.29, 0.717) is 6.54 Å². The van der Waals surface area contributed by atoms with Crippen molar-refractivity contribution in [1.29, 1.82) is 0 Å². The van der Waals surface area contributed by atoms with Gasteiger partial charge in [-0.05, 0) is 41.9 Å². The molecule has 0 saturated heterocycles. The van der Waals surface area contributed by atoms with Gasteiger partial charge in [-0.25, -0.2) is 4.57 Å². The van der Waals surface area contributed by atoms with Crippen LogP contribution in [0.3, 0.4) is 0 Å². The lowest BCUT2D eigenvalue weighted by Gasteiger charge is -2.30. The molecular formula is C17H34IN2O7P. The number of hydrogen-bond acceptors (Lipinski definition) is 6. The fourth-order valence-corrected chi connectivity index (χ4v) is 3.67. The normalized spacial score (nSPS) is 16.2. The number of aliphatic hydroxyl groups is 1. The molecule has 11 heteroatoms. The van der Waals surface area contributed by atoms with E-state index in [1.807, 2.05) is 43.4 Å². The Morgan fingerprint density at radius 2 is 1.64 bits per heavy atom. The van der Waals surface area contributed by atoms with Gasteiger partial charge in [0, 0.05) is 24.9 Å². The Kier molecular flexibility index (Phi) is 10.6. The molecule has 0 radical (unpaired) electrons. The summed E-state index contributed by atoms with van der Waals surface area (Å²) in [7, 11) is -4.34. The topological polar surface area (TPSA) is 134 Å². The van der Waals surface area contributed by atoms with Gasteiger partial charge in [0.15, 0.2) is 0 Å². The van der Waals surface area contributed by atoms with Crippen LogP contribution in [0.25, 0.3) is 0 Å². The zero-order valence-electron chi connectivity index (χ0n) is 17.7. The Morgan fingerprint density at radius 3 is 2.11 bits per heavy atom. The number of rotatable bonds is 11. The molecule has 28 heavy (non-hydrogen) atoms. The van der Waals surface area contributed by atoms with Crippen molar-refractivity contribution in [2.75, 3.05) is 19.7 Å². The molecule has 0 spiro atoms. The van der Waals surface area contributed by atoms with Crippen LogP contribution < -0.4 is 10.6 Å². The van der Waals surface area contributed by atoms with Crippen molar-refractivity contribution in [2.45, 2.75) is 64.6 Å². The first-order valence-corrected chi connectivity index (χ1v) is 11.5. The molecule has 0 bridgehead atoms. The van der Waals surface area contributed by atoms with Gasteiger partial charge in [0.05, 0.1) is 6.61 Å². The van der Waals surface area contributed by atoms with Crippen molar-refractivity contribution >= 4 is 42.2 Å². The second-order valence-electron chi connectivity index (χ2n) is 8.97. The first-order chi connectivity index (χ1) is 12.3. The number of aliphatic hydroxyl groups excluding tert-OH is 1. The molecule has 2 unspecified atom stereocenters. The maximum absolute atomic E-state index is 12.1. The fraction of sp³-hybridized carbons (Fsp3) is 0.882. The predicted octanol–water partition coefficient (Wildman–Crippen LogP) is 2.35. The Balaban J connectivity index is 4.48. The number of carbonyl (C=O) groups is 2. The fourth-order valence-electron chi connectivity index (χ4n) is 1.83. The average molecular weight is 536 g/mol. The number of hydrogen-bond donors (Lipinski definition) is 4. The van der Waals surface area contributed by atoms with E-state index >= 15 is 0 Å². The Morgan fingerprint density at radius 1 is 1.11 bits per heavy atom. The van der Waals surface area contributed by atoms with Crippen LogP contribution in [0.15, 0.2) is 0 Å². The Labute approximate surface area is 181 Å². The van der Waals surface area contributed by atoms with Crippen LogP contribution >= 0.6 is 30.4 Å². The number of halogens is 1. The summed E-state index contributed by atoms with van der Waals surface area (Å²) in [5.74, 6) is -0.896. The first-order valence-electron chi connectivity index (χ1n) is 8.94. The average Bonchev–Trinajstić information content (AvgIpc) is 2.47. The molecule has 0 aromatic heterocycles. The maximum Gasteiger partial charge on any atom is 0.473 e. The van der Waals surface area contributed by atoms with Gasteiger partial charge in [0.25, 0.3) is 0 Å². The van der Waals surface area contributed by atoms with E-state index < -0.39 is 28.9 Å². The summed E-state index contributed by atoms with van der Waals surface area (Å²) < 4.78 is 20.9. The van der Waals surface area contributed by atoms with Crippen molar-refractivity contribution in [3.8, 4) is 0 Å². The standard InChI is InChI=1S/C17H34IN2O7P/c1-15(2,3)10-20-12(21)8-9-19-14(23)13(22)16(4,5)11-26-28(24,25)27-17(6,7)18/h13,22H,8-11H2,1-7H3,(H,19,23)(H,20,21)(H,24,25). The van der Waals surface area contributed by atoms with Gasteiger partial charge < -0.3 is 20.6 Å². The van der Waals surface area contributed by atoms with E-state index in [1.165, 1.54) is 13.8 Å². The lowest BCUT2D eigenvalue weighted by Crippen LogP contribution is -2.46. The molecule has 166 valence electrons. The molecule has 0 aromatic carbocycles. The van der Waals surface area contributed by atoms with Crippen molar-refractivity contribution in [2.24, 2.45) is 10.8 Å². The summed E-state index contributed by atoms with van der Waals surface area (Å²) in [5, 5.41) is 15.5. The van der Waals surface area contributed by atoms with E-state index in [2.05, 4.69) is 10.6 Å². The van der Waals surface area contributed by atoms with Crippen molar-refractivity contribution < 1.29 is 33.2 Å². The molecule has 2 atom stereocenters. The molecule has 0 fully saturated rings. The van der Waals surface area contributed by atoms with Gasteiger partial charge in [-0.1, -0.05) is 34.6 Å².